The number of aryl methyl sites for hydroxylation is 1. The summed E-state index contributed by atoms with van der Waals surface area (Å²) in [6, 6.07) is 5.78. The van der Waals surface area contributed by atoms with Gasteiger partial charge in [-0.15, -0.1) is 0 Å². The first kappa shape index (κ1) is 16.0. The van der Waals surface area contributed by atoms with E-state index in [2.05, 4.69) is 16.5 Å². The molecule has 0 bridgehead atoms. The van der Waals surface area contributed by atoms with Crippen LogP contribution in [0.3, 0.4) is 0 Å². The predicted molar refractivity (Wildman–Crippen MR) is 89.7 cm³/mol. The minimum atomic E-state index is -0.207. The van der Waals surface area contributed by atoms with Gasteiger partial charge in [0.2, 0.25) is 5.91 Å². The zero-order chi connectivity index (χ0) is 17.2. The summed E-state index contributed by atoms with van der Waals surface area (Å²) in [7, 11) is 1.83. The standard InChI is InChI=1S/C18H21N3O4/c1-21-9-14(8-19-21)25-17-11-23-10-15(17)20-18(22)7-12-2-3-16-13(6-12)4-5-24-16/h2-3,6,8-9,15,17H,4-5,7,10-11H2,1H3,(H,20,22)/t15-,17+/m0/s1. The van der Waals surface area contributed by atoms with Crippen LogP contribution in [-0.4, -0.2) is 47.7 Å². The van der Waals surface area contributed by atoms with Crippen LogP contribution >= 0.6 is 0 Å². The van der Waals surface area contributed by atoms with Crippen LogP contribution in [0.5, 0.6) is 11.5 Å². The van der Waals surface area contributed by atoms with Crippen LogP contribution in [0, 0.1) is 0 Å². The maximum absolute atomic E-state index is 12.4. The monoisotopic (exact) mass is 343 g/mol. The van der Waals surface area contributed by atoms with Crippen molar-refractivity contribution in [2.45, 2.75) is 25.0 Å². The lowest BCUT2D eigenvalue weighted by Crippen LogP contribution is -2.45. The zero-order valence-corrected chi connectivity index (χ0v) is 14.1. The van der Waals surface area contributed by atoms with Crippen molar-refractivity contribution in [3.8, 4) is 11.5 Å². The Balaban J connectivity index is 1.35. The summed E-state index contributed by atoms with van der Waals surface area (Å²) in [5, 5.41) is 7.11. The molecule has 2 aliphatic rings. The summed E-state index contributed by atoms with van der Waals surface area (Å²) in [6.45, 7) is 1.63. The number of nitrogens with one attached hydrogen (secondary N) is 1. The van der Waals surface area contributed by atoms with E-state index in [1.807, 2.05) is 19.2 Å². The summed E-state index contributed by atoms with van der Waals surface area (Å²) in [5.41, 5.74) is 2.16. The molecule has 7 heteroatoms. The fourth-order valence-corrected chi connectivity index (χ4v) is 3.21. The van der Waals surface area contributed by atoms with Gasteiger partial charge in [0, 0.05) is 13.5 Å². The molecule has 1 aromatic heterocycles. The summed E-state index contributed by atoms with van der Waals surface area (Å²) >= 11 is 0. The van der Waals surface area contributed by atoms with Crippen LogP contribution < -0.4 is 14.8 Å². The first-order valence-electron chi connectivity index (χ1n) is 8.44. The van der Waals surface area contributed by atoms with E-state index in [0.29, 0.717) is 25.4 Å². The second kappa shape index (κ2) is 6.76. The summed E-state index contributed by atoms with van der Waals surface area (Å²) in [5.74, 6) is 1.57. The van der Waals surface area contributed by atoms with E-state index in [0.717, 1.165) is 24.3 Å². The Morgan fingerprint density at radius 3 is 3.20 bits per heavy atom. The van der Waals surface area contributed by atoms with Gasteiger partial charge in [-0.3, -0.25) is 9.48 Å². The number of hydrogen-bond donors (Lipinski definition) is 1. The van der Waals surface area contributed by atoms with Crippen molar-refractivity contribution in [3.05, 3.63) is 41.7 Å². The molecule has 2 aromatic rings. The number of nitrogens with zero attached hydrogens (tertiary/aromatic N) is 2. The Morgan fingerprint density at radius 2 is 2.36 bits per heavy atom. The minimum Gasteiger partial charge on any atom is -0.493 e. The Morgan fingerprint density at radius 1 is 1.44 bits per heavy atom. The number of hydrogen-bond acceptors (Lipinski definition) is 5. The average Bonchev–Trinajstić information content (AvgIpc) is 3.30. The molecule has 0 radical (unpaired) electrons. The van der Waals surface area contributed by atoms with Crippen LogP contribution in [0.4, 0.5) is 0 Å². The van der Waals surface area contributed by atoms with Crippen molar-refractivity contribution in [1.82, 2.24) is 15.1 Å². The molecule has 1 N–H and O–H groups in total. The lowest BCUT2D eigenvalue weighted by Gasteiger charge is -2.19. The van der Waals surface area contributed by atoms with E-state index >= 15 is 0 Å². The van der Waals surface area contributed by atoms with Gasteiger partial charge in [-0.1, -0.05) is 12.1 Å². The zero-order valence-electron chi connectivity index (χ0n) is 14.1. The smallest absolute Gasteiger partial charge is 0.224 e. The van der Waals surface area contributed by atoms with E-state index in [-0.39, 0.29) is 18.1 Å². The second-order valence-electron chi connectivity index (χ2n) is 6.43. The lowest BCUT2D eigenvalue weighted by molar-refractivity contribution is -0.121. The Hall–Kier alpha value is -2.54. The number of fused-ring (bicyclic) bond motifs is 1. The summed E-state index contributed by atoms with van der Waals surface area (Å²) < 4.78 is 18.5. The van der Waals surface area contributed by atoms with Crippen molar-refractivity contribution in [2.75, 3.05) is 19.8 Å². The maximum atomic E-state index is 12.4. The highest BCUT2D eigenvalue weighted by molar-refractivity contribution is 5.79. The lowest BCUT2D eigenvalue weighted by atomic mass is 10.1. The molecule has 2 atom stereocenters. The number of carbonyl (C=O) groups excluding carboxylic acids is 1. The molecule has 4 rings (SSSR count). The molecule has 0 saturated carbocycles. The molecule has 132 valence electrons. The quantitative estimate of drug-likeness (QED) is 0.872. The van der Waals surface area contributed by atoms with Gasteiger partial charge in [-0.25, -0.2) is 0 Å². The van der Waals surface area contributed by atoms with Crippen LogP contribution in [0.2, 0.25) is 0 Å². The molecule has 3 heterocycles. The van der Waals surface area contributed by atoms with Crippen molar-refractivity contribution in [2.24, 2.45) is 7.05 Å². The van der Waals surface area contributed by atoms with Gasteiger partial charge in [0.15, 0.2) is 5.75 Å². The molecule has 1 saturated heterocycles. The van der Waals surface area contributed by atoms with Gasteiger partial charge in [-0.2, -0.15) is 5.10 Å². The van der Waals surface area contributed by atoms with Gasteiger partial charge in [0.05, 0.1) is 44.7 Å². The van der Waals surface area contributed by atoms with Gasteiger partial charge in [0.1, 0.15) is 11.9 Å². The van der Waals surface area contributed by atoms with Crippen molar-refractivity contribution in [1.29, 1.82) is 0 Å². The topological polar surface area (TPSA) is 74.6 Å². The molecule has 2 aliphatic heterocycles. The van der Waals surface area contributed by atoms with Crippen LogP contribution in [0.15, 0.2) is 30.6 Å². The minimum absolute atomic E-state index is 0.0332. The van der Waals surface area contributed by atoms with Gasteiger partial charge < -0.3 is 19.5 Å². The third-order valence-corrected chi connectivity index (χ3v) is 4.46. The van der Waals surface area contributed by atoms with E-state index in [9.17, 15) is 4.79 Å². The van der Waals surface area contributed by atoms with Crippen LogP contribution in [0.1, 0.15) is 11.1 Å². The largest absolute Gasteiger partial charge is 0.493 e. The Labute approximate surface area is 145 Å². The molecule has 0 spiro atoms. The number of benzene rings is 1. The Bertz CT molecular complexity index is 773. The molecule has 0 unspecified atom stereocenters. The third-order valence-electron chi connectivity index (χ3n) is 4.46. The van der Waals surface area contributed by atoms with Gasteiger partial charge in [0.25, 0.3) is 0 Å². The second-order valence-corrected chi connectivity index (χ2v) is 6.43. The molecule has 1 fully saturated rings. The van der Waals surface area contributed by atoms with Crippen molar-refractivity contribution >= 4 is 5.91 Å². The SMILES string of the molecule is Cn1cc(O[C@@H]2COC[C@@H]2NC(=O)Cc2ccc3c(c2)CCO3)cn1. The molecule has 25 heavy (non-hydrogen) atoms. The Kier molecular flexibility index (Phi) is 4.31. The van der Waals surface area contributed by atoms with Gasteiger partial charge in [-0.05, 0) is 17.2 Å². The van der Waals surface area contributed by atoms with E-state index in [4.69, 9.17) is 14.2 Å². The third kappa shape index (κ3) is 3.61. The summed E-state index contributed by atoms with van der Waals surface area (Å²) in [4.78, 5) is 12.4. The van der Waals surface area contributed by atoms with E-state index in [1.165, 1.54) is 5.56 Å². The molecular formula is C18H21N3O4. The first-order valence-corrected chi connectivity index (χ1v) is 8.44. The number of aromatic nitrogens is 2. The van der Waals surface area contributed by atoms with Crippen LogP contribution in [-0.2, 0) is 29.4 Å². The number of ether oxygens (including phenoxy) is 3. The number of amides is 1. The van der Waals surface area contributed by atoms with Gasteiger partial charge >= 0.3 is 0 Å². The molecular weight excluding hydrogens is 322 g/mol. The normalized spacial score (nSPS) is 21.6. The highest BCUT2D eigenvalue weighted by Gasteiger charge is 2.31. The molecule has 7 nitrogen and oxygen atoms in total. The number of carbonyl (C=O) groups is 1. The summed E-state index contributed by atoms with van der Waals surface area (Å²) in [6.07, 6.45) is 4.49. The highest BCUT2D eigenvalue weighted by Crippen LogP contribution is 2.26. The van der Waals surface area contributed by atoms with Crippen molar-refractivity contribution in [3.63, 3.8) is 0 Å². The molecule has 0 aliphatic carbocycles. The highest BCUT2D eigenvalue weighted by atomic mass is 16.5. The average molecular weight is 343 g/mol. The maximum Gasteiger partial charge on any atom is 0.224 e. The van der Waals surface area contributed by atoms with Crippen LogP contribution in [0.25, 0.3) is 0 Å². The van der Waals surface area contributed by atoms with E-state index < -0.39 is 0 Å². The van der Waals surface area contributed by atoms with Crippen molar-refractivity contribution < 1.29 is 19.0 Å². The fraction of sp³-hybridized carbons (Fsp3) is 0.444. The molecule has 1 amide bonds. The predicted octanol–water partition coefficient (Wildman–Crippen LogP) is 0.860. The first-order chi connectivity index (χ1) is 12.2. The fourth-order valence-electron chi connectivity index (χ4n) is 3.21. The number of rotatable bonds is 5. The molecule has 1 aromatic carbocycles. The van der Waals surface area contributed by atoms with E-state index in [1.54, 1.807) is 17.1 Å².